The van der Waals surface area contributed by atoms with E-state index in [9.17, 15) is 0 Å². The lowest BCUT2D eigenvalue weighted by atomic mass is 10.4. The molecule has 3 N–H and O–H groups in total. The number of hydrogen-bond acceptors (Lipinski definition) is 2. The van der Waals surface area contributed by atoms with Gasteiger partial charge in [0.15, 0.2) is 0 Å². The average molecular weight is 112 g/mol. The Morgan fingerprint density at radius 1 is 1.75 bits per heavy atom. The van der Waals surface area contributed by atoms with E-state index >= 15 is 0 Å². The summed E-state index contributed by atoms with van der Waals surface area (Å²) in [6.07, 6.45) is 2.76. The van der Waals surface area contributed by atoms with E-state index in [0.717, 1.165) is 13.0 Å². The molecule has 0 radical (unpaired) electrons. The van der Waals surface area contributed by atoms with E-state index in [4.69, 9.17) is 5.73 Å². The maximum atomic E-state index is 5.19. The minimum atomic E-state index is 0.520. The monoisotopic (exact) mass is 112 g/mol. The SMILES string of the molecule is C=CCCNC(=C)N. The molecule has 2 nitrogen and oxygen atoms in total. The van der Waals surface area contributed by atoms with E-state index < -0.39 is 0 Å². The van der Waals surface area contributed by atoms with Crippen molar-refractivity contribution in [1.29, 1.82) is 0 Å². The quantitative estimate of drug-likeness (QED) is 0.412. The highest BCUT2D eigenvalue weighted by Crippen LogP contribution is 1.75. The highest BCUT2D eigenvalue weighted by atomic mass is 15.0. The molecule has 0 aliphatic rings. The third-order valence-corrected chi connectivity index (χ3v) is 0.701. The average Bonchev–Trinajstić information content (AvgIpc) is 1.66. The van der Waals surface area contributed by atoms with E-state index in [1.54, 1.807) is 0 Å². The van der Waals surface area contributed by atoms with Crippen LogP contribution in [-0.4, -0.2) is 6.54 Å². The van der Waals surface area contributed by atoms with Crippen LogP contribution < -0.4 is 11.1 Å². The van der Waals surface area contributed by atoms with Gasteiger partial charge < -0.3 is 11.1 Å². The number of nitrogens with one attached hydrogen (secondary N) is 1. The highest BCUT2D eigenvalue weighted by Gasteiger charge is 1.78. The molecule has 2 heteroatoms. The summed E-state index contributed by atoms with van der Waals surface area (Å²) in [7, 11) is 0. The van der Waals surface area contributed by atoms with Gasteiger partial charge in [0.25, 0.3) is 0 Å². The molecule has 46 valence electrons. The first-order valence-electron chi connectivity index (χ1n) is 2.56. The van der Waals surface area contributed by atoms with Crippen molar-refractivity contribution < 1.29 is 0 Å². The summed E-state index contributed by atoms with van der Waals surface area (Å²) in [5.74, 6) is 0.520. The second-order valence-electron chi connectivity index (χ2n) is 1.53. The molecule has 0 spiro atoms. The number of nitrogens with two attached hydrogens (primary N) is 1. The van der Waals surface area contributed by atoms with Crippen molar-refractivity contribution in [2.45, 2.75) is 6.42 Å². The van der Waals surface area contributed by atoms with Crippen molar-refractivity contribution >= 4 is 0 Å². The van der Waals surface area contributed by atoms with Gasteiger partial charge in [-0.25, -0.2) is 0 Å². The van der Waals surface area contributed by atoms with Crippen LogP contribution in [0.1, 0.15) is 6.42 Å². The molecule has 0 bridgehead atoms. The molecule has 0 heterocycles. The van der Waals surface area contributed by atoms with Gasteiger partial charge in [0.1, 0.15) is 0 Å². The topological polar surface area (TPSA) is 38.0 Å². The van der Waals surface area contributed by atoms with E-state index in [-0.39, 0.29) is 0 Å². The van der Waals surface area contributed by atoms with Crippen LogP contribution >= 0.6 is 0 Å². The predicted octanol–water partition coefficient (Wildman–Crippen LogP) is 0.582. The highest BCUT2D eigenvalue weighted by molar-refractivity contribution is 4.83. The van der Waals surface area contributed by atoms with Gasteiger partial charge in [0, 0.05) is 6.54 Å². The second-order valence-corrected chi connectivity index (χ2v) is 1.53. The summed E-state index contributed by atoms with van der Waals surface area (Å²) in [6.45, 7) is 7.84. The zero-order valence-electron chi connectivity index (χ0n) is 4.98. The van der Waals surface area contributed by atoms with Gasteiger partial charge in [-0.05, 0) is 6.42 Å². The van der Waals surface area contributed by atoms with Crippen molar-refractivity contribution in [3.8, 4) is 0 Å². The van der Waals surface area contributed by atoms with Crippen molar-refractivity contribution in [3.63, 3.8) is 0 Å². The van der Waals surface area contributed by atoms with E-state index in [2.05, 4.69) is 18.5 Å². The lowest BCUT2D eigenvalue weighted by molar-refractivity contribution is 0.797. The number of hydrogen-bond donors (Lipinski definition) is 2. The van der Waals surface area contributed by atoms with Gasteiger partial charge in [-0.3, -0.25) is 0 Å². The lowest BCUT2D eigenvalue weighted by Gasteiger charge is -1.99. The van der Waals surface area contributed by atoms with Gasteiger partial charge in [-0.2, -0.15) is 0 Å². The standard InChI is InChI=1S/C6H12N2/c1-3-4-5-8-6(2)7/h3,8H,1-2,4-5,7H2. The smallest absolute Gasteiger partial charge is 0.0885 e. The van der Waals surface area contributed by atoms with Crippen LogP contribution in [0.5, 0.6) is 0 Å². The Hall–Kier alpha value is -0.920. The Kier molecular flexibility index (Phi) is 3.76. The molecule has 0 saturated heterocycles. The third-order valence-electron chi connectivity index (χ3n) is 0.701. The van der Waals surface area contributed by atoms with E-state index in [1.165, 1.54) is 0 Å². The maximum Gasteiger partial charge on any atom is 0.0885 e. The van der Waals surface area contributed by atoms with Crippen LogP contribution in [0.15, 0.2) is 25.1 Å². The van der Waals surface area contributed by atoms with Crippen molar-refractivity contribution in [3.05, 3.63) is 25.1 Å². The first-order valence-corrected chi connectivity index (χ1v) is 2.56. The van der Waals surface area contributed by atoms with Gasteiger partial charge in [0.05, 0.1) is 5.82 Å². The summed E-state index contributed by atoms with van der Waals surface area (Å²) in [4.78, 5) is 0. The Labute approximate surface area is 50.1 Å². The Morgan fingerprint density at radius 3 is 2.75 bits per heavy atom. The maximum absolute atomic E-state index is 5.19. The van der Waals surface area contributed by atoms with Crippen LogP contribution in [0, 0.1) is 0 Å². The minimum absolute atomic E-state index is 0.520. The molecule has 0 aromatic heterocycles. The third kappa shape index (κ3) is 5.08. The molecule has 0 rings (SSSR count). The molecule has 0 aromatic rings. The Bertz CT molecular complexity index is 86.5. The molecular formula is C6H12N2. The van der Waals surface area contributed by atoms with Crippen molar-refractivity contribution in [2.75, 3.05) is 6.54 Å². The van der Waals surface area contributed by atoms with Crippen LogP contribution in [-0.2, 0) is 0 Å². The second kappa shape index (κ2) is 4.24. The predicted molar refractivity (Wildman–Crippen MR) is 36.1 cm³/mol. The van der Waals surface area contributed by atoms with Gasteiger partial charge in [-0.15, -0.1) is 6.58 Å². The van der Waals surface area contributed by atoms with Crippen molar-refractivity contribution in [1.82, 2.24) is 5.32 Å². The lowest BCUT2D eigenvalue weighted by Crippen LogP contribution is -2.19. The molecule has 0 aromatic carbocycles. The van der Waals surface area contributed by atoms with Crippen LogP contribution in [0.3, 0.4) is 0 Å². The Balaban J connectivity index is 2.93. The molecule has 0 atom stereocenters. The molecule has 8 heavy (non-hydrogen) atoms. The molecule has 0 aliphatic heterocycles. The van der Waals surface area contributed by atoms with Crippen LogP contribution in [0.4, 0.5) is 0 Å². The van der Waals surface area contributed by atoms with Crippen molar-refractivity contribution in [2.24, 2.45) is 5.73 Å². The fourth-order valence-corrected chi connectivity index (χ4v) is 0.335. The minimum Gasteiger partial charge on any atom is -0.386 e. The summed E-state index contributed by atoms with van der Waals surface area (Å²) >= 11 is 0. The zero-order valence-corrected chi connectivity index (χ0v) is 4.98. The van der Waals surface area contributed by atoms with Crippen LogP contribution in [0.2, 0.25) is 0 Å². The van der Waals surface area contributed by atoms with Gasteiger partial charge >= 0.3 is 0 Å². The summed E-state index contributed by atoms with van der Waals surface area (Å²) < 4.78 is 0. The van der Waals surface area contributed by atoms with Gasteiger partial charge in [-0.1, -0.05) is 12.7 Å². The first kappa shape index (κ1) is 7.08. The molecule has 0 unspecified atom stereocenters. The molecule has 0 fully saturated rings. The zero-order chi connectivity index (χ0) is 6.41. The molecule has 0 aliphatic carbocycles. The van der Waals surface area contributed by atoms with E-state index in [0.29, 0.717) is 5.82 Å². The molecular weight excluding hydrogens is 100 g/mol. The number of rotatable bonds is 4. The molecule has 0 saturated carbocycles. The largest absolute Gasteiger partial charge is 0.386 e. The summed E-state index contributed by atoms with van der Waals surface area (Å²) in [5, 5.41) is 2.86. The fourth-order valence-electron chi connectivity index (χ4n) is 0.335. The summed E-state index contributed by atoms with van der Waals surface area (Å²) in [5.41, 5.74) is 5.19. The van der Waals surface area contributed by atoms with Gasteiger partial charge in [0.2, 0.25) is 0 Å². The normalized spacial score (nSPS) is 8.00. The summed E-state index contributed by atoms with van der Waals surface area (Å²) in [6, 6.07) is 0. The Morgan fingerprint density at radius 2 is 2.38 bits per heavy atom. The van der Waals surface area contributed by atoms with E-state index in [1.807, 2.05) is 6.08 Å². The first-order chi connectivity index (χ1) is 3.77. The molecule has 0 amide bonds. The fraction of sp³-hybridized carbons (Fsp3) is 0.333. The van der Waals surface area contributed by atoms with Crippen LogP contribution in [0.25, 0.3) is 0 Å².